The molecule has 4 heteroatoms. The Kier molecular flexibility index (Phi) is 11.4. The van der Waals surface area contributed by atoms with Gasteiger partial charge < -0.3 is 4.74 Å². The van der Waals surface area contributed by atoms with Gasteiger partial charge in [0.2, 0.25) is 0 Å². The number of aryl methyl sites for hydroxylation is 1. The molecule has 0 spiro atoms. The van der Waals surface area contributed by atoms with Gasteiger partial charge >= 0.3 is 0 Å². The smallest absolute Gasteiger partial charge is 0.159 e. The zero-order valence-electron chi connectivity index (χ0n) is 19.1. The molecule has 1 atom stereocenters. The fourth-order valence-electron chi connectivity index (χ4n) is 3.56. The molecule has 30 heavy (non-hydrogen) atoms. The summed E-state index contributed by atoms with van der Waals surface area (Å²) in [5.74, 6) is 1.72. The Labute approximate surface area is 182 Å². The monoisotopic (exact) mass is 414 g/mol. The van der Waals surface area contributed by atoms with Crippen molar-refractivity contribution in [3.63, 3.8) is 0 Å². The minimum absolute atomic E-state index is 0.0987. The average Bonchev–Trinajstić information content (AvgIpc) is 2.74. The molecular weight excluding hydrogens is 375 g/mol. The largest absolute Gasteiger partial charge is 0.491 e. The fourth-order valence-corrected chi connectivity index (χ4v) is 3.56. The van der Waals surface area contributed by atoms with Crippen molar-refractivity contribution in [2.75, 3.05) is 6.61 Å². The third-order valence-corrected chi connectivity index (χ3v) is 5.29. The maximum Gasteiger partial charge on any atom is 0.159 e. The van der Waals surface area contributed by atoms with Crippen LogP contribution in [0.3, 0.4) is 0 Å². The van der Waals surface area contributed by atoms with E-state index in [0.29, 0.717) is 23.9 Å². The number of nitrogens with zero attached hydrogens (tertiary/aromatic N) is 2. The number of aromatic nitrogens is 2. The lowest BCUT2D eigenvalue weighted by Gasteiger charge is -2.12. The molecule has 0 unspecified atom stereocenters. The molecule has 0 aliphatic carbocycles. The second-order valence-electron chi connectivity index (χ2n) is 8.70. The van der Waals surface area contributed by atoms with Crippen LogP contribution < -0.4 is 4.74 Å². The van der Waals surface area contributed by atoms with Crippen LogP contribution in [0.25, 0.3) is 11.4 Å². The summed E-state index contributed by atoms with van der Waals surface area (Å²) in [4.78, 5) is 9.04. The normalized spacial score (nSPS) is 12.3. The van der Waals surface area contributed by atoms with Crippen LogP contribution >= 0.6 is 0 Å². The molecule has 0 saturated carbocycles. The van der Waals surface area contributed by atoms with E-state index in [1.165, 1.54) is 56.9 Å². The van der Waals surface area contributed by atoms with Crippen molar-refractivity contribution in [2.24, 2.45) is 5.92 Å². The first-order valence-corrected chi connectivity index (χ1v) is 11.8. The number of hydrogen-bond donors (Lipinski definition) is 0. The van der Waals surface area contributed by atoms with E-state index in [4.69, 9.17) is 4.74 Å². The van der Waals surface area contributed by atoms with E-state index in [0.717, 1.165) is 12.0 Å². The SMILES string of the molecule is CCCCCCCCCCc1cnc(-c2ccc(OC[C@H](F)CC(C)C)cc2)nc1. The molecule has 0 aliphatic rings. The lowest BCUT2D eigenvalue weighted by atomic mass is 10.1. The molecule has 0 N–H and O–H groups in total. The highest BCUT2D eigenvalue weighted by atomic mass is 19.1. The fraction of sp³-hybridized carbons (Fsp3) is 0.615. The number of halogens is 1. The molecule has 0 bridgehead atoms. The van der Waals surface area contributed by atoms with Gasteiger partial charge in [-0.1, -0.05) is 65.7 Å². The predicted molar refractivity (Wildman–Crippen MR) is 124 cm³/mol. The minimum atomic E-state index is -0.929. The van der Waals surface area contributed by atoms with Gasteiger partial charge in [0.25, 0.3) is 0 Å². The molecule has 0 saturated heterocycles. The lowest BCUT2D eigenvalue weighted by Crippen LogP contribution is -2.15. The van der Waals surface area contributed by atoms with Gasteiger partial charge in [-0.2, -0.15) is 0 Å². The topological polar surface area (TPSA) is 35.0 Å². The summed E-state index contributed by atoms with van der Waals surface area (Å²) in [6, 6.07) is 7.57. The second kappa shape index (κ2) is 14.1. The van der Waals surface area contributed by atoms with E-state index in [-0.39, 0.29) is 6.61 Å². The Morgan fingerprint density at radius 3 is 2.07 bits per heavy atom. The highest BCUT2D eigenvalue weighted by Gasteiger charge is 2.10. The van der Waals surface area contributed by atoms with Crippen molar-refractivity contribution >= 4 is 0 Å². The van der Waals surface area contributed by atoms with Gasteiger partial charge in [-0.05, 0) is 55.0 Å². The van der Waals surface area contributed by atoms with Crippen molar-refractivity contribution in [3.8, 4) is 17.1 Å². The maximum absolute atomic E-state index is 13.8. The summed E-state index contributed by atoms with van der Waals surface area (Å²) >= 11 is 0. The van der Waals surface area contributed by atoms with Gasteiger partial charge in [0.05, 0.1) is 0 Å². The molecule has 0 fully saturated rings. The van der Waals surface area contributed by atoms with Crippen molar-refractivity contribution in [1.29, 1.82) is 0 Å². The predicted octanol–water partition coefficient (Wildman–Crippen LogP) is 7.59. The van der Waals surface area contributed by atoms with E-state index in [1.54, 1.807) is 0 Å². The van der Waals surface area contributed by atoms with E-state index in [1.807, 2.05) is 50.5 Å². The summed E-state index contributed by atoms with van der Waals surface area (Å²) < 4.78 is 19.3. The van der Waals surface area contributed by atoms with E-state index in [2.05, 4.69) is 16.9 Å². The molecule has 3 nitrogen and oxygen atoms in total. The Morgan fingerprint density at radius 2 is 1.47 bits per heavy atom. The van der Waals surface area contributed by atoms with Crippen LogP contribution in [0.4, 0.5) is 4.39 Å². The van der Waals surface area contributed by atoms with E-state index < -0.39 is 6.17 Å². The van der Waals surface area contributed by atoms with Gasteiger partial charge in [0.15, 0.2) is 5.82 Å². The van der Waals surface area contributed by atoms with Crippen LogP contribution in [0.5, 0.6) is 5.75 Å². The summed E-state index contributed by atoms with van der Waals surface area (Å²) in [7, 11) is 0. The van der Waals surface area contributed by atoms with Gasteiger partial charge in [-0.3, -0.25) is 0 Å². The molecule has 0 radical (unpaired) electrons. The second-order valence-corrected chi connectivity index (χ2v) is 8.70. The van der Waals surface area contributed by atoms with Crippen LogP contribution in [0.1, 0.15) is 84.1 Å². The van der Waals surface area contributed by atoms with Crippen LogP contribution in [0.15, 0.2) is 36.7 Å². The summed E-state index contributed by atoms with van der Waals surface area (Å²) in [6.45, 7) is 6.39. The van der Waals surface area contributed by atoms with Crippen LogP contribution in [-0.4, -0.2) is 22.7 Å². The van der Waals surface area contributed by atoms with Crippen molar-refractivity contribution < 1.29 is 9.13 Å². The zero-order valence-corrected chi connectivity index (χ0v) is 19.1. The first kappa shape index (κ1) is 24.3. The van der Waals surface area contributed by atoms with Crippen molar-refractivity contribution in [1.82, 2.24) is 9.97 Å². The number of hydrogen-bond acceptors (Lipinski definition) is 3. The molecule has 166 valence electrons. The number of benzene rings is 1. The summed E-state index contributed by atoms with van der Waals surface area (Å²) in [6.07, 6.45) is 15.1. The molecule has 2 aromatic rings. The Morgan fingerprint density at radius 1 is 0.867 bits per heavy atom. The van der Waals surface area contributed by atoms with Crippen molar-refractivity contribution in [3.05, 3.63) is 42.2 Å². The van der Waals surface area contributed by atoms with Gasteiger partial charge in [0, 0.05) is 18.0 Å². The number of ether oxygens (including phenoxy) is 1. The molecular formula is C26H39FN2O. The number of alkyl halides is 1. The first-order chi connectivity index (χ1) is 14.6. The number of rotatable bonds is 15. The Balaban J connectivity index is 1.71. The highest BCUT2D eigenvalue weighted by molar-refractivity contribution is 5.55. The van der Waals surface area contributed by atoms with Crippen LogP contribution in [0, 0.1) is 5.92 Å². The summed E-state index contributed by atoms with van der Waals surface area (Å²) in [5.41, 5.74) is 2.14. The highest BCUT2D eigenvalue weighted by Crippen LogP contribution is 2.20. The zero-order chi connectivity index (χ0) is 21.6. The van der Waals surface area contributed by atoms with Crippen LogP contribution in [-0.2, 0) is 6.42 Å². The minimum Gasteiger partial charge on any atom is -0.491 e. The van der Waals surface area contributed by atoms with Gasteiger partial charge in [-0.25, -0.2) is 14.4 Å². The van der Waals surface area contributed by atoms with Gasteiger partial charge in [0.1, 0.15) is 18.5 Å². The quantitative estimate of drug-likeness (QED) is 0.282. The van der Waals surface area contributed by atoms with Crippen LogP contribution in [0.2, 0.25) is 0 Å². The maximum atomic E-state index is 13.8. The lowest BCUT2D eigenvalue weighted by molar-refractivity contribution is 0.174. The summed E-state index contributed by atoms with van der Waals surface area (Å²) in [5, 5.41) is 0. The van der Waals surface area contributed by atoms with E-state index >= 15 is 0 Å². The standard InChI is InChI=1S/C26H39FN2O/c1-4-5-6-7-8-9-10-11-12-22-18-28-26(29-19-22)23-13-15-25(16-14-23)30-20-24(27)17-21(2)3/h13-16,18-19,21,24H,4-12,17,20H2,1-3H3/t24-/m1/s1. The Hall–Kier alpha value is -1.97. The molecule has 0 aliphatic heterocycles. The van der Waals surface area contributed by atoms with Gasteiger partial charge in [-0.15, -0.1) is 0 Å². The molecule has 1 aromatic carbocycles. The molecule has 0 amide bonds. The third-order valence-electron chi connectivity index (χ3n) is 5.29. The Bertz CT molecular complexity index is 685. The number of unbranched alkanes of at least 4 members (excludes halogenated alkanes) is 7. The average molecular weight is 415 g/mol. The molecule has 2 rings (SSSR count). The first-order valence-electron chi connectivity index (χ1n) is 11.8. The van der Waals surface area contributed by atoms with Crippen molar-refractivity contribution in [2.45, 2.75) is 91.2 Å². The van der Waals surface area contributed by atoms with E-state index in [9.17, 15) is 4.39 Å². The molecule has 1 aromatic heterocycles. The third kappa shape index (κ3) is 9.69. The molecule has 1 heterocycles.